The summed E-state index contributed by atoms with van der Waals surface area (Å²) in [6.45, 7) is 4.64. The van der Waals surface area contributed by atoms with Crippen LogP contribution in [0, 0.1) is 6.92 Å². The first-order valence-electron chi connectivity index (χ1n) is 9.22. The fourth-order valence-electron chi connectivity index (χ4n) is 3.54. The second-order valence-electron chi connectivity index (χ2n) is 6.85. The number of fused-ring (bicyclic) bond motifs is 1. The van der Waals surface area contributed by atoms with E-state index >= 15 is 0 Å². The van der Waals surface area contributed by atoms with Crippen LogP contribution in [0.25, 0.3) is 10.9 Å². The zero-order valence-corrected chi connectivity index (χ0v) is 15.3. The van der Waals surface area contributed by atoms with E-state index in [1.807, 2.05) is 54.3 Å². The fourth-order valence-corrected chi connectivity index (χ4v) is 3.54. The molecule has 0 aliphatic carbocycles. The number of carbonyl (C=O) groups is 1. The molecule has 1 N–H and O–H groups in total. The fraction of sp³-hybridized carbons (Fsp3) is 0.286. The predicted molar refractivity (Wildman–Crippen MR) is 106 cm³/mol. The molecule has 0 saturated carbocycles. The van der Waals surface area contributed by atoms with Crippen LogP contribution in [-0.4, -0.2) is 47.0 Å². The van der Waals surface area contributed by atoms with Crippen LogP contribution in [-0.2, 0) is 0 Å². The maximum atomic E-state index is 12.9. The van der Waals surface area contributed by atoms with E-state index in [0.29, 0.717) is 36.5 Å². The van der Waals surface area contributed by atoms with E-state index in [4.69, 9.17) is 0 Å². The van der Waals surface area contributed by atoms with Crippen molar-refractivity contribution in [1.29, 1.82) is 0 Å². The van der Waals surface area contributed by atoms with Crippen molar-refractivity contribution < 1.29 is 4.79 Å². The summed E-state index contributed by atoms with van der Waals surface area (Å²) in [7, 11) is 0. The number of amides is 1. The molecule has 0 radical (unpaired) electrons. The summed E-state index contributed by atoms with van der Waals surface area (Å²) < 4.78 is 0. The summed E-state index contributed by atoms with van der Waals surface area (Å²) in [4.78, 5) is 36.7. The van der Waals surface area contributed by atoms with Gasteiger partial charge >= 0.3 is 0 Å². The quantitative estimate of drug-likeness (QED) is 0.761. The van der Waals surface area contributed by atoms with Crippen LogP contribution in [0.4, 0.5) is 5.95 Å². The van der Waals surface area contributed by atoms with Crippen LogP contribution in [0.1, 0.15) is 22.3 Å². The Morgan fingerprint density at radius 3 is 2.63 bits per heavy atom. The molecule has 2 aromatic carbocycles. The molecule has 1 aliphatic rings. The third-order valence-corrected chi connectivity index (χ3v) is 5.06. The standard InChI is InChI=1S/C21H22N4O2/c1-15-7-2-3-8-16(15)20(27)24-11-6-12-25(14-13-24)21-22-18-10-5-4-9-17(18)19(26)23-21/h2-5,7-10H,6,11-14H2,1H3,(H,22,23,26). The van der Waals surface area contributed by atoms with Gasteiger partial charge in [-0.3, -0.25) is 14.6 Å². The third kappa shape index (κ3) is 3.43. The summed E-state index contributed by atoms with van der Waals surface area (Å²) in [6.07, 6.45) is 0.828. The van der Waals surface area contributed by atoms with Crippen LogP contribution in [0.3, 0.4) is 0 Å². The van der Waals surface area contributed by atoms with Crippen molar-refractivity contribution in [2.45, 2.75) is 13.3 Å². The van der Waals surface area contributed by atoms with Gasteiger partial charge in [0.25, 0.3) is 11.5 Å². The van der Waals surface area contributed by atoms with Gasteiger partial charge in [0.2, 0.25) is 5.95 Å². The molecule has 3 aromatic rings. The maximum Gasteiger partial charge on any atom is 0.260 e. The molecule has 0 spiro atoms. The summed E-state index contributed by atoms with van der Waals surface area (Å²) in [6, 6.07) is 15.0. The lowest BCUT2D eigenvalue weighted by Gasteiger charge is -2.23. The van der Waals surface area contributed by atoms with Gasteiger partial charge in [0.15, 0.2) is 0 Å². The highest BCUT2D eigenvalue weighted by Crippen LogP contribution is 2.16. The second kappa shape index (κ2) is 7.23. The van der Waals surface area contributed by atoms with Crippen molar-refractivity contribution in [3.05, 3.63) is 70.0 Å². The molecule has 2 heterocycles. The molecule has 0 atom stereocenters. The molecule has 1 fully saturated rings. The number of anilines is 1. The zero-order valence-electron chi connectivity index (χ0n) is 15.3. The smallest absolute Gasteiger partial charge is 0.260 e. The molecule has 27 heavy (non-hydrogen) atoms. The minimum atomic E-state index is -0.132. The Labute approximate surface area is 157 Å². The van der Waals surface area contributed by atoms with Crippen molar-refractivity contribution in [1.82, 2.24) is 14.9 Å². The summed E-state index contributed by atoms with van der Waals surface area (Å²) in [5.41, 5.74) is 2.30. The molecule has 1 aliphatic heterocycles. The Bertz CT molecular complexity index is 1040. The summed E-state index contributed by atoms with van der Waals surface area (Å²) in [5, 5.41) is 0.590. The average Bonchev–Trinajstić information content (AvgIpc) is 2.94. The molecule has 6 nitrogen and oxygen atoms in total. The van der Waals surface area contributed by atoms with Crippen LogP contribution < -0.4 is 10.5 Å². The van der Waals surface area contributed by atoms with Gasteiger partial charge < -0.3 is 9.80 Å². The van der Waals surface area contributed by atoms with Crippen molar-refractivity contribution in [3.63, 3.8) is 0 Å². The van der Waals surface area contributed by atoms with Gasteiger partial charge in [-0.05, 0) is 37.1 Å². The Balaban J connectivity index is 1.55. The Morgan fingerprint density at radius 1 is 1.00 bits per heavy atom. The van der Waals surface area contributed by atoms with Crippen LogP contribution in [0.5, 0.6) is 0 Å². The van der Waals surface area contributed by atoms with Crippen LogP contribution >= 0.6 is 0 Å². The minimum absolute atomic E-state index is 0.0647. The minimum Gasteiger partial charge on any atom is -0.340 e. The number of hydrogen-bond acceptors (Lipinski definition) is 4. The normalized spacial score (nSPS) is 15.0. The highest BCUT2D eigenvalue weighted by molar-refractivity contribution is 5.95. The van der Waals surface area contributed by atoms with Crippen molar-refractivity contribution in [2.75, 3.05) is 31.1 Å². The summed E-state index contributed by atoms with van der Waals surface area (Å²) in [5.74, 6) is 0.638. The van der Waals surface area contributed by atoms with E-state index in [9.17, 15) is 9.59 Å². The second-order valence-corrected chi connectivity index (χ2v) is 6.85. The van der Waals surface area contributed by atoms with Crippen molar-refractivity contribution in [3.8, 4) is 0 Å². The van der Waals surface area contributed by atoms with Gasteiger partial charge in [0.05, 0.1) is 10.9 Å². The van der Waals surface area contributed by atoms with Gasteiger partial charge in [-0.2, -0.15) is 0 Å². The van der Waals surface area contributed by atoms with E-state index in [1.165, 1.54) is 0 Å². The molecule has 1 saturated heterocycles. The lowest BCUT2D eigenvalue weighted by molar-refractivity contribution is 0.0766. The molecule has 0 unspecified atom stereocenters. The lowest BCUT2D eigenvalue weighted by atomic mass is 10.1. The first kappa shape index (κ1) is 17.3. The molecule has 6 heteroatoms. The number of benzene rings is 2. The van der Waals surface area contributed by atoms with Crippen LogP contribution in [0.2, 0.25) is 0 Å². The largest absolute Gasteiger partial charge is 0.340 e. The number of H-pyrrole nitrogens is 1. The highest BCUT2D eigenvalue weighted by atomic mass is 16.2. The van der Waals surface area contributed by atoms with Crippen LogP contribution in [0.15, 0.2) is 53.3 Å². The number of para-hydroxylation sites is 1. The monoisotopic (exact) mass is 362 g/mol. The molecule has 1 aromatic heterocycles. The first-order valence-corrected chi connectivity index (χ1v) is 9.22. The van der Waals surface area contributed by atoms with E-state index < -0.39 is 0 Å². The number of hydrogen-bond donors (Lipinski definition) is 1. The predicted octanol–water partition coefficient (Wildman–Crippen LogP) is 2.58. The Kier molecular flexibility index (Phi) is 4.62. The first-order chi connectivity index (χ1) is 13.1. The maximum absolute atomic E-state index is 12.9. The molecule has 0 bridgehead atoms. The van der Waals surface area contributed by atoms with Gasteiger partial charge in [0.1, 0.15) is 0 Å². The Hall–Kier alpha value is -3.15. The lowest BCUT2D eigenvalue weighted by Crippen LogP contribution is -2.36. The number of nitrogens with zero attached hydrogens (tertiary/aromatic N) is 3. The van der Waals surface area contributed by atoms with E-state index in [1.54, 1.807) is 6.07 Å². The van der Waals surface area contributed by atoms with E-state index in [2.05, 4.69) is 14.9 Å². The van der Waals surface area contributed by atoms with Gasteiger partial charge in [-0.1, -0.05) is 30.3 Å². The number of rotatable bonds is 2. The Morgan fingerprint density at radius 2 is 1.78 bits per heavy atom. The average molecular weight is 362 g/mol. The van der Waals surface area contributed by atoms with E-state index in [0.717, 1.165) is 24.1 Å². The van der Waals surface area contributed by atoms with Crippen molar-refractivity contribution in [2.24, 2.45) is 0 Å². The number of aromatic nitrogens is 2. The van der Waals surface area contributed by atoms with Gasteiger partial charge in [-0.25, -0.2) is 4.98 Å². The topological polar surface area (TPSA) is 69.3 Å². The van der Waals surface area contributed by atoms with Gasteiger partial charge in [-0.15, -0.1) is 0 Å². The SMILES string of the molecule is Cc1ccccc1C(=O)N1CCCN(c2nc3ccccc3c(=O)[nH]2)CC1. The number of carbonyl (C=O) groups excluding carboxylic acids is 1. The highest BCUT2D eigenvalue weighted by Gasteiger charge is 2.22. The molecular formula is C21H22N4O2. The number of nitrogens with one attached hydrogen (secondary N) is 1. The zero-order chi connectivity index (χ0) is 18.8. The third-order valence-electron chi connectivity index (χ3n) is 5.06. The molecule has 138 valence electrons. The molecule has 1 amide bonds. The molecule has 4 rings (SSSR count). The number of aromatic amines is 1. The van der Waals surface area contributed by atoms with Gasteiger partial charge in [0, 0.05) is 31.7 Å². The molecular weight excluding hydrogens is 340 g/mol. The summed E-state index contributed by atoms with van der Waals surface area (Å²) >= 11 is 0. The number of aryl methyl sites for hydroxylation is 1. The van der Waals surface area contributed by atoms with Crippen molar-refractivity contribution >= 4 is 22.8 Å². The van der Waals surface area contributed by atoms with E-state index in [-0.39, 0.29) is 11.5 Å².